The maximum absolute atomic E-state index is 12.0. The van der Waals surface area contributed by atoms with E-state index in [1.165, 1.54) is 6.26 Å². The van der Waals surface area contributed by atoms with Gasteiger partial charge in [0.25, 0.3) is 5.91 Å². The molecule has 1 saturated carbocycles. The normalized spacial score (nSPS) is 16.3. The van der Waals surface area contributed by atoms with Gasteiger partial charge in [-0.1, -0.05) is 6.92 Å². The molecule has 1 aliphatic carbocycles. The van der Waals surface area contributed by atoms with Crippen LogP contribution in [0.25, 0.3) is 0 Å². The number of carbonyl (C=O) groups is 2. The van der Waals surface area contributed by atoms with Gasteiger partial charge < -0.3 is 14.8 Å². The van der Waals surface area contributed by atoms with E-state index in [1.807, 2.05) is 0 Å². The molecule has 1 aromatic rings. The molecule has 0 aromatic carbocycles. The lowest BCUT2D eigenvalue weighted by molar-refractivity contribution is -0.136. The van der Waals surface area contributed by atoms with Crippen LogP contribution in [0.1, 0.15) is 41.4 Å². The zero-order valence-corrected chi connectivity index (χ0v) is 10.6. The fraction of sp³-hybridized carbons (Fsp3) is 0.538. The Bertz CT molecular complexity index is 485. The largest absolute Gasteiger partial charge is 0.481 e. The fourth-order valence-corrected chi connectivity index (χ4v) is 1.84. The van der Waals surface area contributed by atoms with E-state index in [1.54, 1.807) is 6.92 Å². The van der Waals surface area contributed by atoms with E-state index in [0.717, 1.165) is 12.8 Å². The van der Waals surface area contributed by atoms with Crippen molar-refractivity contribution in [2.75, 3.05) is 6.54 Å². The molecule has 18 heavy (non-hydrogen) atoms. The molecule has 5 nitrogen and oxygen atoms in total. The van der Waals surface area contributed by atoms with Crippen molar-refractivity contribution in [3.05, 3.63) is 23.2 Å². The van der Waals surface area contributed by atoms with E-state index in [0.29, 0.717) is 17.7 Å². The van der Waals surface area contributed by atoms with Gasteiger partial charge in [-0.05, 0) is 25.2 Å². The number of carboxylic acid groups (broad SMARTS) is 1. The highest BCUT2D eigenvalue weighted by Crippen LogP contribution is 2.44. The molecule has 98 valence electrons. The molecule has 0 bridgehead atoms. The van der Waals surface area contributed by atoms with Gasteiger partial charge in [-0.2, -0.15) is 0 Å². The number of hydrogen-bond acceptors (Lipinski definition) is 3. The molecule has 2 rings (SSSR count). The van der Waals surface area contributed by atoms with E-state index in [9.17, 15) is 9.59 Å². The highest BCUT2D eigenvalue weighted by Gasteiger charge is 2.37. The molecule has 1 heterocycles. The highest BCUT2D eigenvalue weighted by atomic mass is 16.4. The Morgan fingerprint density at radius 2 is 2.17 bits per heavy atom. The molecule has 0 aliphatic heterocycles. The van der Waals surface area contributed by atoms with Gasteiger partial charge in [0.05, 0.1) is 11.8 Å². The molecule has 0 unspecified atom stereocenters. The first-order valence-corrected chi connectivity index (χ1v) is 5.98. The van der Waals surface area contributed by atoms with Crippen LogP contribution in [0.2, 0.25) is 0 Å². The van der Waals surface area contributed by atoms with Crippen molar-refractivity contribution in [1.29, 1.82) is 0 Å². The predicted octanol–water partition coefficient (Wildman–Crippen LogP) is 1.75. The minimum atomic E-state index is -1.01. The van der Waals surface area contributed by atoms with Crippen LogP contribution in [0.3, 0.4) is 0 Å². The summed E-state index contributed by atoms with van der Waals surface area (Å²) in [7, 11) is 0. The van der Waals surface area contributed by atoms with E-state index >= 15 is 0 Å². The number of amides is 1. The fourth-order valence-electron chi connectivity index (χ4n) is 1.84. The first-order chi connectivity index (χ1) is 8.41. The first kappa shape index (κ1) is 12.7. The van der Waals surface area contributed by atoms with E-state index in [-0.39, 0.29) is 23.5 Å². The van der Waals surface area contributed by atoms with Gasteiger partial charge in [0.15, 0.2) is 0 Å². The van der Waals surface area contributed by atoms with Crippen molar-refractivity contribution in [3.63, 3.8) is 0 Å². The molecule has 1 fully saturated rings. The van der Waals surface area contributed by atoms with Crippen molar-refractivity contribution in [2.45, 2.75) is 33.1 Å². The molecule has 0 saturated heterocycles. The molecule has 1 amide bonds. The number of hydrogen-bond donors (Lipinski definition) is 2. The van der Waals surface area contributed by atoms with Crippen LogP contribution in [-0.2, 0) is 11.2 Å². The molecule has 0 spiro atoms. The zero-order valence-electron chi connectivity index (χ0n) is 10.6. The first-order valence-electron chi connectivity index (χ1n) is 5.98. The number of carbonyl (C=O) groups excluding carboxylic acids is 1. The van der Waals surface area contributed by atoms with Crippen molar-refractivity contribution in [2.24, 2.45) is 5.41 Å². The molecule has 0 radical (unpaired) electrons. The van der Waals surface area contributed by atoms with Gasteiger partial charge >= 0.3 is 5.97 Å². The quantitative estimate of drug-likeness (QED) is 0.835. The van der Waals surface area contributed by atoms with Crippen LogP contribution in [0.15, 0.2) is 10.7 Å². The molecular weight excluding hydrogens is 234 g/mol. The number of aliphatic carboxylic acids is 1. The van der Waals surface area contributed by atoms with Gasteiger partial charge in [0.1, 0.15) is 12.2 Å². The van der Waals surface area contributed by atoms with Crippen LogP contribution in [-0.4, -0.2) is 23.5 Å². The predicted molar refractivity (Wildman–Crippen MR) is 64.5 cm³/mol. The van der Waals surface area contributed by atoms with Crippen LogP contribution in [0.4, 0.5) is 0 Å². The number of rotatable bonds is 5. The topological polar surface area (TPSA) is 79.5 Å². The summed E-state index contributed by atoms with van der Waals surface area (Å²) >= 11 is 0. The van der Waals surface area contributed by atoms with Crippen LogP contribution >= 0.6 is 0 Å². The third-order valence-corrected chi connectivity index (χ3v) is 3.37. The van der Waals surface area contributed by atoms with E-state index in [4.69, 9.17) is 9.52 Å². The van der Waals surface area contributed by atoms with Crippen LogP contribution < -0.4 is 5.32 Å². The second-order valence-corrected chi connectivity index (χ2v) is 5.28. The Kier molecular flexibility index (Phi) is 3.15. The zero-order chi connectivity index (χ0) is 13.3. The summed E-state index contributed by atoms with van der Waals surface area (Å²) in [5, 5.41) is 11.6. The second-order valence-electron chi connectivity index (χ2n) is 5.28. The summed E-state index contributed by atoms with van der Waals surface area (Å²) in [4.78, 5) is 22.7. The standard InChI is InChI=1S/C13H17NO4/c1-8-6-18-9(5-10(15)16)11(8)12(17)14-7-13(2)3-4-13/h6H,3-5,7H2,1-2H3,(H,14,17)(H,15,16). The summed E-state index contributed by atoms with van der Waals surface area (Å²) in [6.07, 6.45) is 3.40. The second kappa shape index (κ2) is 4.48. The van der Waals surface area contributed by atoms with Gasteiger partial charge in [-0.25, -0.2) is 0 Å². The summed E-state index contributed by atoms with van der Waals surface area (Å²) in [5.41, 5.74) is 1.26. The Balaban J connectivity index is 2.08. The van der Waals surface area contributed by atoms with Crippen molar-refractivity contribution >= 4 is 11.9 Å². The molecule has 0 atom stereocenters. The molecule has 1 aliphatic rings. The maximum Gasteiger partial charge on any atom is 0.311 e. The van der Waals surface area contributed by atoms with Gasteiger partial charge in [-0.3, -0.25) is 9.59 Å². The summed E-state index contributed by atoms with van der Waals surface area (Å²) in [5.74, 6) is -1.03. The maximum atomic E-state index is 12.0. The number of aryl methyl sites for hydroxylation is 1. The average Bonchev–Trinajstić information content (AvgIpc) is 2.91. The Morgan fingerprint density at radius 3 is 2.72 bits per heavy atom. The van der Waals surface area contributed by atoms with Crippen LogP contribution in [0.5, 0.6) is 0 Å². The van der Waals surface area contributed by atoms with Crippen LogP contribution in [0, 0.1) is 12.3 Å². The molecule has 1 aromatic heterocycles. The summed E-state index contributed by atoms with van der Waals surface area (Å²) in [6, 6.07) is 0. The third kappa shape index (κ3) is 2.72. The minimum Gasteiger partial charge on any atom is -0.481 e. The molecular formula is C13H17NO4. The Labute approximate surface area is 105 Å². The van der Waals surface area contributed by atoms with Gasteiger partial charge in [0.2, 0.25) is 0 Å². The summed E-state index contributed by atoms with van der Waals surface area (Å²) < 4.78 is 5.13. The van der Waals surface area contributed by atoms with Gasteiger partial charge in [0, 0.05) is 12.1 Å². The molecule has 5 heteroatoms. The third-order valence-electron chi connectivity index (χ3n) is 3.37. The smallest absolute Gasteiger partial charge is 0.311 e. The lowest BCUT2D eigenvalue weighted by Gasteiger charge is -2.10. The highest BCUT2D eigenvalue weighted by molar-refractivity contribution is 5.97. The lowest BCUT2D eigenvalue weighted by Crippen LogP contribution is -2.30. The molecule has 2 N–H and O–H groups in total. The van der Waals surface area contributed by atoms with Gasteiger partial charge in [-0.15, -0.1) is 0 Å². The number of nitrogens with one attached hydrogen (secondary N) is 1. The monoisotopic (exact) mass is 251 g/mol. The lowest BCUT2D eigenvalue weighted by atomic mass is 10.1. The summed E-state index contributed by atoms with van der Waals surface area (Å²) in [6.45, 7) is 4.49. The minimum absolute atomic E-state index is 0.221. The average molecular weight is 251 g/mol. The van der Waals surface area contributed by atoms with E-state index in [2.05, 4.69) is 12.2 Å². The number of furan rings is 1. The Morgan fingerprint density at radius 1 is 1.50 bits per heavy atom. The van der Waals surface area contributed by atoms with Crippen molar-refractivity contribution < 1.29 is 19.1 Å². The van der Waals surface area contributed by atoms with E-state index < -0.39 is 5.97 Å². The number of carboxylic acids is 1. The SMILES string of the molecule is Cc1coc(CC(=O)O)c1C(=O)NCC1(C)CC1. The van der Waals surface area contributed by atoms with Crippen molar-refractivity contribution in [3.8, 4) is 0 Å². The van der Waals surface area contributed by atoms with Crippen molar-refractivity contribution in [1.82, 2.24) is 5.32 Å². The Hall–Kier alpha value is -1.78.